The Morgan fingerprint density at radius 1 is 1.05 bits per heavy atom. The van der Waals surface area contributed by atoms with Gasteiger partial charge >= 0.3 is 0 Å². The summed E-state index contributed by atoms with van der Waals surface area (Å²) in [5.41, 5.74) is 5.46. The Morgan fingerprint density at radius 3 is 2.47 bits per heavy atom. The average molecular weight is 518 g/mol. The fourth-order valence-corrected chi connectivity index (χ4v) is 5.78. The molecule has 4 rings (SSSR count). The zero-order chi connectivity index (χ0) is 27.3. The molecule has 38 heavy (non-hydrogen) atoms. The number of para-hydroxylation sites is 1. The second-order valence-electron chi connectivity index (χ2n) is 11.0. The summed E-state index contributed by atoms with van der Waals surface area (Å²) in [5, 5.41) is 4.85. The van der Waals surface area contributed by atoms with E-state index in [0.29, 0.717) is 0 Å². The van der Waals surface area contributed by atoms with E-state index >= 15 is 0 Å². The van der Waals surface area contributed by atoms with Gasteiger partial charge < -0.3 is 15.2 Å². The Kier molecular flexibility index (Phi) is 12.3. The quantitative estimate of drug-likeness (QED) is 0.255. The van der Waals surface area contributed by atoms with Gasteiger partial charge in [-0.2, -0.15) is 0 Å². The smallest absolute Gasteiger partial charge is 0.139 e. The van der Waals surface area contributed by atoms with E-state index in [-0.39, 0.29) is 0 Å². The maximum absolute atomic E-state index is 4.42. The predicted octanol–water partition coefficient (Wildman–Crippen LogP) is 7.79. The first-order chi connectivity index (χ1) is 18.5. The Labute approximate surface area is 231 Å². The number of rotatable bonds is 11. The van der Waals surface area contributed by atoms with Crippen molar-refractivity contribution in [3.05, 3.63) is 65.3 Å². The number of H-pyrrole nitrogens is 1. The number of aryl methyl sites for hydroxylation is 2. The Bertz CT molecular complexity index is 1120. The van der Waals surface area contributed by atoms with Crippen molar-refractivity contribution in [1.82, 2.24) is 20.3 Å². The third kappa shape index (κ3) is 8.69. The molecule has 0 radical (unpaired) electrons. The Morgan fingerprint density at radius 2 is 1.79 bits per heavy atom. The third-order valence-electron chi connectivity index (χ3n) is 7.85. The van der Waals surface area contributed by atoms with Crippen LogP contribution in [0.25, 0.3) is 10.9 Å². The van der Waals surface area contributed by atoms with Crippen LogP contribution in [0, 0.1) is 18.8 Å². The Hall–Kier alpha value is -2.66. The number of nitrogens with one attached hydrogen (secondary N) is 2. The van der Waals surface area contributed by atoms with Crippen LogP contribution in [0.5, 0.6) is 0 Å². The number of nitrogens with zero attached hydrogens (tertiary/aromatic N) is 3. The second-order valence-corrected chi connectivity index (χ2v) is 11.0. The summed E-state index contributed by atoms with van der Waals surface area (Å²) in [6, 6.07) is 8.06. The molecule has 2 heterocycles. The number of fused-ring (bicyclic) bond motifs is 1. The standard InChI is InChI=1S/C22H38N2.C11H13N3/c1-4-7-8-10-21-20(17-24-22(21)6-3)16-23-15-19-13-11-18(9-5-2)12-14-19;1-8-12-10-7-5-4-6-9(10)11(13-8)14(2)3/h4,7,17-19,23-24H,5-6,8-16H2,1-3H3;4-7H,1-3H3/b7-4-;. The number of anilines is 1. The molecule has 0 atom stereocenters. The van der Waals surface area contributed by atoms with Crippen LogP contribution < -0.4 is 10.2 Å². The lowest BCUT2D eigenvalue weighted by atomic mass is 9.80. The van der Waals surface area contributed by atoms with E-state index < -0.39 is 0 Å². The first kappa shape index (κ1) is 29.9. The summed E-state index contributed by atoms with van der Waals surface area (Å²) in [6.45, 7) is 10.8. The van der Waals surface area contributed by atoms with Gasteiger partial charge in [-0.3, -0.25) is 0 Å². The average Bonchev–Trinajstić information content (AvgIpc) is 3.31. The molecule has 1 aliphatic rings. The SMILES string of the molecule is C/C=C\CCc1c(CNCC2CCC(CCC)CC2)c[nH]c1CC.Cc1nc(N(C)C)c2ccccc2n1. The summed E-state index contributed by atoms with van der Waals surface area (Å²) in [7, 11) is 3.99. The first-order valence-electron chi connectivity index (χ1n) is 14.9. The van der Waals surface area contributed by atoms with E-state index in [1.807, 2.05) is 50.2 Å². The van der Waals surface area contributed by atoms with E-state index in [0.717, 1.165) is 60.2 Å². The van der Waals surface area contributed by atoms with Crippen molar-refractivity contribution in [2.75, 3.05) is 25.5 Å². The van der Waals surface area contributed by atoms with Crippen LogP contribution in [-0.2, 0) is 19.4 Å². The lowest BCUT2D eigenvalue weighted by Gasteiger charge is -2.28. The van der Waals surface area contributed by atoms with Crippen LogP contribution in [0.4, 0.5) is 5.82 Å². The summed E-state index contributed by atoms with van der Waals surface area (Å²) < 4.78 is 0. The Balaban J connectivity index is 0.000000241. The largest absolute Gasteiger partial charge is 0.364 e. The van der Waals surface area contributed by atoms with Crippen molar-refractivity contribution in [2.45, 2.75) is 92.0 Å². The molecular weight excluding hydrogens is 466 g/mol. The fourth-order valence-electron chi connectivity index (χ4n) is 5.78. The maximum Gasteiger partial charge on any atom is 0.139 e. The molecule has 1 aliphatic carbocycles. The van der Waals surface area contributed by atoms with Gasteiger partial charge in [-0.15, -0.1) is 0 Å². The lowest BCUT2D eigenvalue weighted by Crippen LogP contribution is -2.26. The molecule has 1 saturated carbocycles. The zero-order valence-corrected chi connectivity index (χ0v) is 24.8. The van der Waals surface area contributed by atoms with Crippen LogP contribution in [-0.4, -0.2) is 35.6 Å². The monoisotopic (exact) mass is 517 g/mol. The molecule has 0 amide bonds. The van der Waals surface area contributed by atoms with Crippen molar-refractivity contribution in [3.63, 3.8) is 0 Å². The molecule has 1 fully saturated rings. The topological polar surface area (TPSA) is 56.8 Å². The van der Waals surface area contributed by atoms with Crippen LogP contribution in [0.15, 0.2) is 42.6 Å². The van der Waals surface area contributed by atoms with Gasteiger partial charge in [0.1, 0.15) is 11.6 Å². The van der Waals surface area contributed by atoms with Crippen molar-refractivity contribution in [2.24, 2.45) is 11.8 Å². The highest BCUT2D eigenvalue weighted by atomic mass is 15.1. The molecule has 0 saturated heterocycles. The van der Waals surface area contributed by atoms with E-state index in [1.165, 1.54) is 56.3 Å². The third-order valence-corrected chi connectivity index (χ3v) is 7.85. The number of benzene rings is 1. The van der Waals surface area contributed by atoms with Crippen molar-refractivity contribution >= 4 is 16.7 Å². The van der Waals surface area contributed by atoms with Crippen molar-refractivity contribution in [1.29, 1.82) is 0 Å². The first-order valence-corrected chi connectivity index (χ1v) is 14.9. The van der Waals surface area contributed by atoms with Gasteiger partial charge in [0.25, 0.3) is 0 Å². The van der Waals surface area contributed by atoms with Gasteiger partial charge in [0.2, 0.25) is 0 Å². The van der Waals surface area contributed by atoms with Crippen LogP contribution >= 0.6 is 0 Å². The summed E-state index contributed by atoms with van der Waals surface area (Å²) in [5.74, 6) is 3.70. The van der Waals surface area contributed by atoms with E-state index in [9.17, 15) is 0 Å². The minimum absolute atomic E-state index is 0.812. The van der Waals surface area contributed by atoms with Gasteiger partial charge in [-0.05, 0) is 87.6 Å². The van der Waals surface area contributed by atoms with Gasteiger partial charge in [0.05, 0.1) is 5.52 Å². The van der Waals surface area contributed by atoms with E-state index in [4.69, 9.17) is 0 Å². The summed E-state index contributed by atoms with van der Waals surface area (Å²) in [4.78, 5) is 14.3. The molecule has 0 unspecified atom stereocenters. The number of aromatic nitrogens is 3. The highest BCUT2D eigenvalue weighted by Crippen LogP contribution is 2.31. The minimum atomic E-state index is 0.812. The molecule has 5 nitrogen and oxygen atoms in total. The summed E-state index contributed by atoms with van der Waals surface area (Å²) in [6.07, 6.45) is 18.7. The molecule has 2 aromatic heterocycles. The van der Waals surface area contributed by atoms with Crippen LogP contribution in [0.3, 0.4) is 0 Å². The van der Waals surface area contributed by atoms with Crippen molar-refractivity contribution < 1.29 is 0 Å². The highest BCUT2D eigenvalue weighted by molar-refractivity contribution is 5.89. The zero-order valence-electron chi connectivity index (χ0n) is 24.8. The van der Waals surface area contributed by atoms with Crippen LogP contribution in [0.1, 0.15) is 88.4 Å². The molecule has 0 bridgehead atoms. The summed E-state index contributed by atoms with van der Waals surface area (Å²) >= 11 is 0. The van der Waals surface area contributed by atoms with Gasteiger partial charge in [0, 0.05) is 37.9 Å². The molecular formula is C33H51N5. The number of hydrogen-bond donors (Lipinski definition) is 2. The van der Waals surface area contributed by atoms with E-state index in [1.54, 1.807) is 5.56 Å². The molecule has 1 aromatic carbocycles. The molecule has 208 valence electrons. The van der Waals surface area contributed by atoms with Crippen molar-refractivity contribution in [3.8, 4) is 0 Å². The number of aromatic amines is 1. The highest BCUT2D eigenvalue weighted by Gasteiger charge is 2.20. The molecule has 2 N–H and O–H groups in total. The van der Waals surface area contributed by atoms with Crippen LogP contribution in [0.2, 0.25) is 0 Å². The number of allylic oxidation sites excluding steroid dienone is 2. The van der Waals surface area contributed by atoms with Gasteiger partial charge in [-0.25, -0.2) is 9.97 Å². The predicted molar refractivity (Wildman–Crippen MR) is 164 cm³/mol. The fraction of sp³-hybridized carbons (Fsp3) is 0.576. The lowest BCUT2D eigenvalue weighted by molar-refractivity contribution is 0.256. The van der Waals surface area contributed by atoms with Gasteiger partial charge in [-0.1, -0.05) is 63.8 Å². The van der Waals surface area contributed by atoms with Gasteiger partial charge in [0.15, 0.2) is 0 Å². The molecule has 5 heteroatoms. The maximum atomic E-state index is 4.42. The molecule has 0 aliphatic heterocycles. The number of hydrogen-bond acceptors (Lipinski definition) is 4. The minimum Gasteiger partial charge on any atom is -0.364 e. The van der Waals surface area contributed by atoms with E-state index in [2.05, 4.69) is 59.4 Å². The second kappa shape index (κ2) is 15.7. The molecule has 3 aromatic rings. The normalized spacial score (nSPS) is 17.5. The molecule has 0 spiro atoms.